The summed E-state index contributed by atoms with van der Waals surface area (Å²) in [6, 6.07) is 73.6. The number of thiophene rings is 1. The molecule has 1 aromatic heterocycles. The Morgan fingerprint density at radius 1 is 0.296 bits per heavy atom. The number of anilines is 3. The molecule has 0 aliphatic rings. The summed E-state index contributed by atoms with van der Waals surface area (Å²) in [5.74, 6) is 0. The smallest absolute Gasteiger partial charge is 0.0546 e. The van der Waals surface area contributed by atoms with E-state index in [0.29, 0.717) is 0 Å². The van der Waals surface area contributed by atoms with Gasteiger partial charge in [-0.2, -0.15) is 0 Å². The largest absolute Gasteiger partial charge is 0.310 e. The summed E-state index contributed by atoms with van der Waals surface area (Å²) in [4.78, 5) is 2.49. The first-order valence-electron chi connectivity index (χ1n) is 18.5. The van der Waals surface area contributed by atoms with Crippen molar-refractivity contribution in [1.29, 1.82) is 0 Å². The first kappa shape index (κ1) is 30.8. The molecule has 0 radical (unpaired) electrons. The van der Waals surface area contributed by atoms with Gasteiger partial charge in [0.05, 0.1) is 5.69 Å². The Bertz CT molecular complexity index is 3210. The molecule has 0 amide bonds. The van der Waals surface area contributed by atoms with E-state index in [2.05, 4.69) is 205 Å². The molecule has 0 unspecified atom stereocenters. The van der Waals surface area contributed by atoms with Gasteiger partial charge >= 0.3 is 0 Å². The third-order valence-corrected chi connectivity index (χ3v) is 12.1. The van der Waals surface area contributed by atoms with Crippen LogP contribution in [0.15, 0.2) is 200 Å². The van der Waals surface area contributed by atoms with Crippen molar-refractivity contribution in [3.8, 4) is 22.3 Å². The van der Waals surface area contributed by atoms with E-state index >= 15 is 0 Å². The zero-order valence-corrected chi connectivity index (χ0v) is 30.2. The van der Waals surface area contributed by atoms with Gasteiger partial charge in [-0.25, -0.2) is 0 Å². The fourth-order valence-electron chi connectivity index (χ4n) is 8.63. The molecule has 0 saturated heterocycles. The summed E-state index contributed by atoms with van der Waals surface area (Å²) < 4.78 is 2.60. The van der Waals surface area contributed by atoms with Crippen molar-refractivity contribution >= 4 is 91.7 Å². The molecule has 11 aromatic rings. The molecule has 0 aliphatic heterocycles. The number of rotatable bonds is 5. The van der Waals surface area contributed by atoms with Crippen molar-refractivity contribution in [2.75, 3.05) is 4.90 Å². The van der Waals surface area contributed by atoms with Crippen LogP contribution in [0.3, 0.4) is 0 Å². The first-order valence-corrected chi connectivity index (χ1v) is 19.3. The number of hydrogen-bond donors (Lipinski definition) is 0. The van der Waals surface area contributed by atoms with Crippen molar-refractivity contribution in [2.45, 2.75) is 0 Å². The van der Waals surface area contributed by atoms with Crippen LogP contribution in [0.1, 0.15) is 0 Å². The summed E-state index contributed by atoms with van der Waals surface area (Å²) in [5.41, 5.74) is 8.35. The van der Waals surface area contributed by atoms with Crippen LogP contribution < -0.4 is 4.90 Å². The third kappa shape index (κ3) is 4.85. The van der Waals surface area contributed by atoms with Gasteiger partial charge in [0.15, 0.2) is 0 Å². The molecular formula is C52H33NS. The van der Waals surface area contributed by atoms with E-state index in [0.717, 1.165) is 17.1 Å². The predicted octanol–water partition coefficient (Wildman–Crippen LogP) is 15.5. The van der Waals surface area contributed by atoms with Gasteiger partial charge in [-0.05, 0) is 96.4 Å². The molecular weight excluding hydrogens is 671 g/mol. The normalized spacial score (nSPS) is 11.7. The number of benzene rings is 10. The first-order chi connectivity index (χ1) is 26.8. The second-order valence-corrected chi connectivity index (χ2v) is 15.1. The number of hydrogen-bond acceptors (Lipinski definition) is 2. The summed E-state index contributed by atoms with van der Waals surface area (Å²) in [5, 5.41) is 12.6. The molecule has 0 bridgehead atoms. The third-order valence-electron chi connectivity index (χ3n) is 11.0. The Kier molecular flexibility index (Phi) is 7.11. The molecule has 0 N–H and O–H groups in total. The van der Waals surface area contributed by atoms with E-state index < -0.39 is 0 Å². The van der Waals surface area contributed by atoms with E-state index in [-0.39, 0.29) is 0 Å². The molecule has 252 valence electrons. The Morgan fingerprint density at radius 3 is 1.50 bits per heavy atom. The highest BCUT2D eigenvalue weighted by Gasteiger charge is 2.22. The average Bonchev–Trinajstić information content (AvgIpc) is 3.62. The van der Waals surface area contributed by atoms with Gasteiger partial charge in [0.25, 0.3) is 0 Å². The van der Waals surface area contributed by atoms with Crippen LogP contribution in [0.2, 0.25) is 0 Å². The van der Waals surface area contributed by atoms with E-state index in [1.807, 2.05) is 11.3 Å². The van der Waals surface area contributed by atoms with Gasteiger partial charge in [-0.3, -0.25) is 0 Å². The molecule has 1 heterocycles. The maximum atomic E-state index is 2.49. The van der Waals surface area contributed by atoms with E-state index in [1.54, 1.807) is 0 Å². The van der Waals surface area contributed by atoms with Crippen molar-refractivity contribution < 1.29 is 0 Å². The lowest BCUT2D eigenvalue weighted by Gasteiger charge is -2.28. The maximum absolute atomic E-state index is 2.49. The lowest BCUT2D eigenvalue weighted by molar-refractivity contribution is 1.32. The molecule has 0 fully saturated rings. The van der Waals surface area contributed by atoms with E-state index in [4.69, 9.17) is 0 Å². The Balaban J connectivity index is 1.27. The van der Waals surface area contributed by atoms with Crippen molar-refractivity contribution in [3.63, 3.8) is 0 Å². The van der Waals surface area contributed by atoms with Crippen molar-refractivity contribution in [2.24, 2.45) is 0 Å². The molecule has 2 heteroatoms. The summed E-state index contributed by atoms with van der Waals surface area (Å²) in [6.07, 6.45) is 0. The fourth-order valence-corrected chi connectivity index (χ4v) is 9.77. The van der Waals surface area contributed by atoms with Gasteiger partial charge < -0.3 is 4.90 Å². The maximum Gasteiger partial charge on any atom is 0.0546 e. The zero-order valence-electron chi connectivity index (χ0n) is 29.4. The van der Waals surface area contributed by atoms with Gasteiger partial charge in [-0.15, -0.1) is 11.3 Å². The molecule has 0 saturated carbocycles. The van der Waals surface area contributed by atoms with Crippen LogP contribution in [0.25, 0.3) is 85.5 Å². The van der Waals surface area contributed by atoms with Crippen LogP contribution >= 0.6 is 11.3 Å². The Labute approximate surface area is 317 Å². The van der Waals surface area contributed by atoms with Crippen molar-refractivity contribution in [3.05, 3.63) is 200 Å². The predicted molar refractivity (Wildman–Crippen MR) is 235 cm³/mol. The van der Waals surface area contributed by atoms with Gasteiger partial charge in [-0.1, -0.05) is 164 Å². The molecule has 0 spiro atoms. The summed E-state index contributed by atoms with van der Waals surface area (Å²) >= 11 is 1.87. The topological polar surface area (TPSA) is 3.24 Å². The van der Waals surface area contributed by atoms with E-state index in [1.165, 1.54) is 85.5 Å². The lowest BCUT2D eigenvalue weighted by Crippen LogP contribution is -2.11. The van der Waals surface area contributed by atoms with Crippen LogP contribution in [-0.4, -0.2) is 0 Å². The number of fused-ring (bicyclic) bond motifs is 9. The average molecular weight is 704 g/mol. The van der Waals surface area contributed by atoms with Crippen LogP contribution in [0.5, 0.6) is 0 Å². The Morgan fingerprint density at radius 2 is 0.778 bits per heavy atom. The molecule has 10 aromatic carbocycles. The second kappa shape index (κ2) is 12.4. The van der Waals surface area contributed by atoms with Gasteiger partial charge in [0.1, 0.15) is 0 Å². The lowest BCUT2D eigenvalue weighted by atomic mass is 9.85. The summed E-state index contributed by atoms with van der Waals surface area (Å²) in [7, 11) is 0. The molecule has 0 atom stereocenters. The van der Waals surface area contributed by atoms with Gasteiger partial charge in [0, 0.05) is 36.9 Å². The quantitative estimate of drug-likeness (QED) is 0.161. The standard InChI is InChI=1S/C52H33NS/c1-3-15-34(16-4-1)51-46-25-12-10-22-41(46)42-29-27-37(32-47(42)52(51)35-17-5-2-6-18-35)53(38-28-30-45-44-24-13-14-26-49(44)54-50(45)33-38)48-31-36-19-7-8-20-39(36)40-21-9-11-23-43(40)48/h1-33H. The molecule has 0 aliphatic carbocycles. The molecule has 1 nitrogen and oxygen atoms in total. The highest BCUT2D eigenvalue weighted by atomic mass is 32.1. The van der Waals surface area contributed by atoms with Crippen molar-refractivity contribution in [1.82, 2.24) is 0 Å². The fraction of sp³-hybridized carbons (Fsp3) is 0. The van der Waals surface area contributed by atoms with Crippen LogP contribution in [0, 0.1) is 0 Å². The second-order valence-electron chi connectivity index (χ2n) is 14.0. The summed E-state index contributed by atoms with van der Waals surface area (Å²) in [6.45, 7) is 0. The monoisotopic (exact) mass is 703 g/mol. The molecule has 11 rings (SSSR count). The van der Waals surface area contributed by atoms with Gasteiger partial charge in [0.2, 0.25) is 0 Å². The van der Waals surface area contributed by atoms with Crippen LogP contribution in [-0.2, 0) is 0 Å². The highest BCUT2D eigenvalue weighted by Crippen LogP contribution is 2.49. The van der Waals surface area contributed by atoms with Crippen LogP contribution in [0.4, 0.5) is 17.1 Å². The zero-order chi connectivity index (χ0) is 35.6. The SMILES string of the molecule is c1ccc(-c2c(-c3ccccc3)c3cc(N(c4ccc5c(c4)sc4ccccc45)c4cc5ccccc5c5ccccc45)ccc3c3ccccc23)cc1. The minimum atomic E-state index is 1.12. The highest BCUT2D eigenvalue weighted by molar-refractivity contribution is 7.25. The van der Waals surface area contributed by atoms with E-state index in [9.17, 15) is 0 Å². The Hall–Kier alpha value is -6.74. The number of nitrogens with zero attached hydrogens (tertiary/aromatic N) is 1. The minimum Gasteiger partial charge on any atom is -0.310 e. The molecule has 54 heavy (non-hydrogen) atoms. The minimum absolute atomic E-state index is 1.12.